The molecule has 1 aliphatic rings. The maximum atomic E-state index is 12.0. The van der Waals surface area contributed by atoms with Crippen molar-refractivity contribution >= 4 is 5.91 Å². The third kappa shape index (κ3) is 4.07. The monoisotopic (exact) mass is 224 g/mol. The Balaban J connectivity index is 2.44. The molecule has 1 N–H and O–H groups in total. The molecule has 0 aromatic carbocycles. The maximum absolute atomic E-state index is 12.0. The van der Waals surface area contributed by atoms with E-state index in [4.69, 9.17) is 0 Å². The summed E-state index contributed by atoms with van der Waals surface area (Å²) in [5, 5.41) is 2.93. The molecule has 1 atom stereocenters. The van der Waals surface area contributed by atoms with E-state index in [9.17, 15) is 18.0 Å². The second kappa shape index (κ2) is 4.83. The Hall–Kier alpha value is -0.780. The van der Waals surface area contributed by atoms with Crippen molar-refractivity contribution in [3.8, 4) is 0 Å². The lowest BCUT2D eigenvalue weighted by atomic mass is 10.0. The van der Waals surface area contributed by atoms with Gasteiger partial charge in [0.15, 0.2) is 0 Å². The SMILES string of the molecule is CN(CC(F)(F)F)C(=O)[C@@H]1CCCCN1. The van der Waals surface area contributed by atoms with Crippen LogP contribution in [-0.4, -0.2) is 43.2 Å². The number of rotatable bonds is 2. The molecule has 0 spiro atoms. The quantitative estimate of drug-likeness (QED) is 0.763. The van der Waals surface area contributed by atoms with Gasteiger partial charge in [-0.15, -0.1) is 0 Å². The fourth-order valence-corrected chi connectivity index (χ4v) is 1.68. The minimum absolute atomic E-state index is 0.439. The Morgan fingerprint density at radius 2 is 2.13 bits per heavy atom. The molecule has 1 saturated heterocycles. The van der Waals surface area contributed by atoms with Gasteiger partial charge >= 0.3 is 6.18 Å². The van der Waals surface area contributed by atoms with Crippen molar-refractivity contribution in [3.63, 3.8) is 0 Å². The average Bonchev–Trinajstić information content (AvgIpc) is 2.15. The molecule has 0 aromatic heterocycles. The zero-order valence-electron chi connectivity index (χ0n) is 8.60. The molecular formula is C9H15F3N2O. The molecule has 0 unspecified atom stereocenters. The van der Waals surface area contributed by atoms with Gasteiger partial charge in [0, 0.05) is 7.05 Å². The molecule has 1 rings (SSSR count). The number of hydrogen-bond acceptors (Lipinski definition) is 2. The van der Waals surface area contributed by atoms with E-state index in [1.54, 1.807) is 0 Å². The van der Waals surface area contributed by atoms with E-state index in [-0.39, 0.29) is 0 Å². The van der Waals surface area contributed by atoms with Gasteiger partial charge in [0.25, 0.3) is 0 Å². The molecular weight excluding hydrogens is 209 g/mol. The molecule has 3 nitrogen and oxygen atoms in total. The molecule has 0 aliphatic carbocycles. The molecule has 1 amide bonds. The summed E-state index contributed by atoms with van der Waals surface area (Å²) in [7, 11) is 1.19. The molecule has 6 heteroatoms. The highest BCUT2D eigenvalue weighted by atomic mass is 19.4. The van der Waals surface area contributed by atoms with Gasteiger partial charge in [-0.25, -0.2) is 0 Å². The standard InChI is InChI=1S/C9H15F3N2O/c1-14(6-9(10,11)12)8(15)7-4-2-3-5-13-7/h7,13H,2-6H2,1H3/t7-/m0/s1. The van der Waals surface area contributed by atoms with Crippen molar-refractivity contribution in [3.05, 3.63) is 0 Å². The highest BCUT2D eigenvalue weighted by Crippen LogP contribution is 2.17. The van der Waals surface area contributed by atoms with Gasteiger partial charge in [-0.2, -0.15) is 13.2 Å². The molecule has 15 heavy (non-hydrogen) atoms. The maximum Gasteiger partial charge on any atom is 0.406 e. The normalized spacial score (nSPS) is 22.5. The Bertz CT molecular complexity index is 224. The zero-order chi connectivity index (χ0) is 11.5. The Kier molecular flexibility index (Phi) is 3.96. The van der Waals surface area contributed by atoms with Crippen LogP contribution in [0.25, 0.3) is 0 Å². The molecule has 1 heterocycles. The summed E-state index contributed by atoms with van der Waals surface area (Å²) in [5.74, 6) is -0.466. The van der Waals surface area contributed by atoms with Gasteiger partial charge in [0.05, 0.1) is 6.04 Å². The van der Waals surface area contributed by atoms with Gasteiger partial charge in [-0.05, 0) is 19.4 Å². The van der Waals surface area contributed by atoms with Crippen LogP contribution in [0.4, 0.5) is 13.2 Å². The summed E-state index contributed by atoms with van der Waals surface area (Å²) in [5.41, 5.74) is 0. The molecule has 0 saturated carbocycles. The molecule has 0 bridgehead atoms. The van der Waals surface area contributed by atoms with E-state index in [0.29, 0.717) is 13.0 Å². The third-order valence-corrected chi connectivity index (χ3v) is 2.40. The molecule has 1 fully saturated rings. The second-order valence-corrected chi connectivity index (χ2v) is 3.81. The van der Waals surface area contributed by atoms with Crippen LogP contribution >= 0.6 is 0 Å². The Morgan fingerprint density at radius 1 is 1.47 bits per heavy atom. The molecule has 0 aromatic rings. The minimum Gasteiger partial charge on any atom is -0.335 e. The van der Waals surface area contributed by atoms with E-state index in [1.165, 1.54) is 7.05 Å². The number of hydrogen-bond donors (Lipinski definition) is 1. The fourth-order valence-electron chi connectivity index (χ4n) is 1.68. The van der Waals surface area contributed by atoms with E-state index in [2.05, 4.69) is 5.32 Å². The van der Waals surface area contributed by atoms with E-state index in [1.807, 2.05) is 0 Å². The van der Waals surface area contributed by atoms with Gasteiger partial charge in [0.1, 0.15) is 6.54 Å². The fraction of sp³-hybridized carbons (Fsp3) is 0.889. The summed E-state index contributed by atoms with van der Waals surface area (Å²) in [6.45, 7) is -0.472. The summed E-state index contributed by atoms with van der Waals surface area (Å²) < 4.78 is 36.1. The summed E-state index contributed by atoms with van der Waals surface area (Å²) in [4.78, 5) is 12.3. The van der Waals surface area contributed by atoms with Gasteiger partial charge in [0.2, 0.25) is 5.91 Å². The van der Waals surface area contributed by atoms with E-state index < -0.39 is 24.7 Å². The van der Waals surface area contributed by atoms with Crippen LogP contribution in [0, 0.1) is 0 Å². The second-order valence-electron chi connectivity index (χ2n) is 3.81. The summed E-state index contributed by atoms with van der Waals surface area (Å²) >= 11 is 0. The largest absolute Gasteiger partial charge is 0.406 e. The van der Waals surface area contributed by atoms with Crippen LogP contribution in [0.15, 0.2) is 0 Å². The summed E-state index contributed by atoms with van der Waals surface area (Å²) in [6, 6.07) is -0.439. The van der Waals surface area contributed by atoms with Crippen molar-refractivity contribution in [2.75, 3.05) is 20.1 Å². The molecule has 0 radical (unpaired) electrons. The average molecular weight is 224 g/mol. The number of carbonyl (C=O) groups excluding carboxylic acids is 1. The lowest BCUT2D eigenvalue weighted by molar-refractivity contribution is -0.159. The van der Waals surface area contributed by atoms with Crippen molar-refractivity contribution < 1.29 is 18.0 Å². The Morgan fingerprint density at radius 3 is 2.60 bits per heavy atom. The van der Waals surface area contributed by atoms with E-state index in [0.717, 1.165) is 17.7 Å². The number of halogens is 3. The number of carbonyl (C=O) groups is 1. The van der Waals surface area contributed by atoms with Crippen LogP contribution in [0.5, 0.6) is 0 Å². The van der Waals surface area contributed by atoms with Crippen LogP contribution in [0.1, 0.15) is 19.3 Å². The van der Waals surface area contributed by atoms with Crippen molar-refractivity contribution in [1.82, 2.24) is 10.2 Å². The molecule has 1 aliphatic heterocycles. The number of nitrogens with zero attached hydrogens (tertiary/aromatic N) is 1. The predicted octanol–water partition coefficient (Wildman–Crippen LogP) is 1.15. The number of amides is 1. The number of likely N-dealkylation sites (N-methyl/N-ethyl adjacent to an activating group) is 1. The smallest absolute Gasteiger partial charge is 0.335 e. The first kappa shape index (κ1) is 12.3. The highest BCUT2D eigenvalue weighted by molar-refractivity contribution is 5.81. The number of nitrogens with one attached hydrogen (secondary N) is 1. The van der Waals surface area contributed by atoms with Gasteiger partial charge < -0.3 is 10.2 Å². The first-order valence-electron chi connectivity index (χ1n) is 4.95. The van der Waals surface area contributed by atoms with Crippen LogP contribution in [0.2, 0.25) is 0 Å². The molecule has 88 valence electrons. The van der Waals surface area contributed by atoms with Crippen LogP contribution < -0.4 is 5.32 Å². The van der Waals surface area contributed by atoms with Crippen LogP contribution in [0.3, 0.4) is 0 Å². The first-order valence-corrected chi connectivity index (χ1v) is 4.95. The number of piperidine rings is 1. The highest BCUT2D eigenvalue weighted by Gasteiger charge is 2.33. The van der Waals surface area contributed by atoms with Crippen molar-refractivity contribution in [1.29, 1.82) is 0 Å². The van der Waals surface area contributed by atoms with Gasteiger partial charge in [-0.3, -0.25) is 4.79 Å². The summed E-state index contributed by atoms with van der Waals surface area (Å²) in [6.07, 6.45) is -1.82. The zero-order valence-corrected chi connectivity index (χ0v) is 8.60. The lowest BCUT2D eigenvalue weighted by Crippen LogP contribution is -2.49. The third-order valence-electron chi connectivity index (χ3n) is 2.40. The van der Waals surface area contributed by atoms with Gasteiger partial charge in [-0.1, -0.05) is 6.42 Å². The topological polar surface area (TPSA) is 32.3 Å². The Labute approximate surface area is 86.6 Å². The predicted molar refractivity (Wildman–Crippen MR) is 49.3 cm³/mol. The van der Waals surface area contributed by atoms with E-state index >= 15 is 0 Å². The minimum atomic E-state index is -4.32. The first-order chi connectivity index (χ1) is 6.90. The lowest BCUT2D eigenvalue weighted by Gasteiger charge is -2.27. The van der Waals surface area contributed by atoms with Crippen molar-refractivity contribution in [2.24, 2.45) is 0 Å². The van der Waals surface area contributed by atoms with Crippen LogP contribution in [-0.2, 0) is 4.79 Å². The number of alkyl halides is 3. The van der Waals surface area contributed by atoms with Crippen molar-refractivity contribution in [2.45, 2.75) is 31.5 Å².